The van der Waals surface area contributed by atoms with Gasteiger partial charge < -0.3 is 10.6 Å². The average Bonchev–Trinajstić information content (AvgIpc) is 2.28. The highest BCUT2D eigenvalue weighted by Crippen LogP contribution is 2.10. The summed E-state index contributed by atoms with van der Waals surface area (Å²) in [7, 11) is 2.15. The molecule has 17 heavy (non-hydrogen) atoms. The number of hydrogen-bond acceptors (Lipinski definition) is 2. The Kier molecular flexibility index (Phi) is 5.59. The summed E-state index contributed by atoms with van der Waals surface area (Å²) in [6.07, 6.45) is 1.22. The van der Waals surface area contributed by atoms with E-state index in [1.807, 2.05) is 12.1 Å². The van der Waals surface area contributed by atoms with Gasteiger partial charge in [-0.3, -0.25) is 0 Å². The minimum Gasteiger partial charge on any atom is -0.389 e. The first kappa shape index (κ1) is 14.1. The fourth-order valence-corrected chi connectivity index (χ4v) is 1.99. The molecule has 0 heterocycles. The van der Waals surface area contributed by atoms with Crippen LogP contribution in [0, 0.1) is 5.92 Å². The fourth-order valence-electron chi connectivity index (χ4n) is 1.86. The van der Waals surface area contributed by atoms with Crippen LogP contribution in [0.15, 0.2) is 24.3 Å². The van der Waals surface area contributed by atoms with Gasteiger partial charge in [0.25, 0.3) is 0 Å². The first-order chi connectivity index (χ1) is 8.02. The first-order valence-electron chi connectivity index (χ1n) is 6.10. The van der Waals surface area contributed by atoms with Crippen LogP contribution in [0.5, 0.6) is 0 Å². The van der Waals surface area contributed by atoms with Crippen molar-refractivity contribution in [3.05, 3.63) is 35.4 Å². The lowest BCUT2D eigenvalue weighted by Gasteiger charge is -2.20. The summed E-state index contributed by atoms with van der Waals surface area (Å²) >= 11 is 4.99. The minimum absolute atomic E-state index is 0.469. The fraction of sp³-hybridized carbons (Fsp3) is 0.500. The lowest BCUT2D eigenvalue weighted by molar-refractivity contribution is 0.275. The van der Waals surface area contributed by atoms with Crippen LogP contribution >= 0.6 is 12.2 Å². The molecule has 0 bridgehead atoms. The molecular formula is C14H22N2S. The second-order valence-corrected chi connectivity index (χ2v) is 5.21. The van der Waals surface area contributed by atoms with Crippen molar-refractivity contribution in [1.29, 1.82) is 0 Å². The van der Waals surface area contributed by atoms with Crippen molar-refractivity contribution in [2.75, 3.05) is 13.6 Å². The number of nitrogens with zero attached hydrogens (tertiary/aromatic N) is 1. The Balaban J connectivity index is 2.62. The third-order valence-corrected chi connectivity index (χ3v) is 3.22. The van der Waals surface area contributed by atoms with Crippen molar-refractivity contribution in [2.24, 2.45) is 11.7 Å². The van der Waals surface area contributed by atoms with Crippen molar-refractivity contribution >= 4 is 17.2 Å². The lowest BCUT2D eigenvalue weighted by atomic mass is 10.1. The van der Waals surface area contributed by atoms with Crippen molar-refractivity contribution in [2.45, 2.75) is 26.8 Å². The molecule has 0 aliphatic carbocycles. The minimum atomic E-state index is 0.469. The molecule has 1 atom stereocenters. The Morgan fingerprint density at radius 2 is 2.18 bits per heavy atom. The van der Waals surface area contributed by atoms with Gasteiger partial charge in [0, 0.05) is 18.7 Å². The van der Waals surface area contributed by atoms with E-state index in [1.165, 1.54) is 12.0 Å². The molecule has 0 aliphatic rings. The number of nitrogens with two attached hydrogens (primary N) is 1. The van der Waals surface area contributed by atoms with Gasteiger partial charge in [0.05, 0.1) is 0 Å². The number of hydrogen-bond donors (Lipinski definition) is 1. The highest BCUT2D eigenvalue weighted by Gasteiger charge is 2.06. The summed E-state index contributed by atoms with van der Waals surface area (Å²) < 4.78 is 0. The molecule has 1 unspecified atom stereocenters. The highest BCUT2D eigenvalue weighted by molar-refractivity contribution is 7.80. The molecule has 2 N–H and O–H groups in total. The van der Waals surface area contributed by atoms with E-state index >= 15 is 0 Å². The van der Waals surface area contributed by atoms with E-state index in [2.05, 4.69) is 37.9 Å². The zero-order chi connectivity index (χ0) is 12.8. The monoisotopic (exact) mass is 250 g/mol. The Hall–Kier alpha value is -0.930. The molecule has 0 amide bonds. The quantitative estimate of drug-likeness (QED) is 0.787. The van der Waals surface area contributed by atoms with E-state index < -0.39 is 0 Å². The Morgan fingerprint density at radius 1 is 1.47 bits per heavy atom. The average molecular weight is 250 g/mol. The van der Waals surface area contributed by atoms with E-state index in [0.29, 0.717) is 4.99 Å². The van der Waals surface area contributed by atoms with Crippen molar-refractivity contribution in [3.8, 4) is 0 Å². The van der Waals surface area contributed by atoms with Gasteiger partial charge >= 0.3 is 0 Å². The maximum atomic E-state index is 5.63. The Labute approximate surface area is 110 Å². The summed E-state index contributed by atoms with van der Waals surface area (Å²) in [5.41, 5.74) is 7.85. The summed E-state index contributed by atoms with van der Waals surface area (Å²) in [6.45, 7) is 6.57. The van der Waals surface area contributed by atoms with Crippen LogP contribution in [-0.2, 0) is 6.54 Å². The van der Waals surface area contributed by atoms with Gasteiger partial charge in [0.15, 0.2) is 0 Å². The van der Waals surface area contributed by atoms with Crippen LogP contribution < -0.4 is 5.73 Å². The number of rotatable bonds is 6. The van der Waals surface area contributed by atoms with E-state index in [0.717, 1.165) is 24.6 Å². The standard InChI is InChI=1S/C14H22N2S/c1-4-11(2)9-16(3)10-12-6-5-7-13(8-12)14(15)17/h5-8,11H,4,9-10H2,1-3H3,(H2,15,17). The maximum Gasteiger partial charge on any atom is 0.103 e. The summed E-state index contributed by atoms with van der Waals surface area (Å²) in [4.78, 5) is 2.81. The van der Waals surface area contributed by atoms with Gasteiger partial charge in [-0.1, -0.05) is 50.7 Å². The van der Waals surface area contributed by atoms with E-state index in [4.69, 9.17) is 18.0 Å². The van der Waals surface area contributed by atoms with Crippen LogP contribution in [-0.4, -0.2) is 23.5 Å². The Bertz CT molecular complexity index is 376. The summed E-state index contributed by atoms with van der Waals surface area (Å²) in [6, 6.07) is 8.17. The SMILES string of the molecule is CCC(C)CN(C)Cc1cccc(C(N)=S)c1. The molecule has 2 nitrogen and oxygen atoms in total. The molecule has 0 aliphatic heterocycles. The van der Waals surface area contributed by atoms with Crippen molar-refractivity contribution in [3.63, 3.8) is 0 Å². The molecule has 3 heteroatoms. The lowest BCUT2D eigenvalue weighted by Crippen LogP contribution is -2.23. The van der Waals surface area contributed by atoms with Crippen molar-refractivity contribution < 1.29 is 0 Å². The third kappa shape index (κ3) is 4.84. The summed E-state index contributed by atoms with van der Waals surface area (Å²) in [5, 5.41) is 0. The van der Waals surface area contributed by atoms with E-state index in [1.54, 1.807) is 0 Å². The van der Waals surface area contributed by atoms with Gasteiger partial charge in [0.2, 0.25) is 0 Å². The molecule has 0 fully saturated rings. The Morgan fingerprint density at radius 3 is 2.76 bits per heavy atom. The molecule has 0 saturated carbocycles. The van der Waals surface area contributed by atoms with Gasteiger partial charge in [-0.15, -0.1) is 0 Å². The second kappa shape index (κ2) is 6.72. The molecule has 0 aromatic heterocycles. The van der Waals surface area contributed by atoms with Crippen LogP contribution in [0.25, 0.3) is 0 Å². The highest BCUT2D eigenvalue weighted by atomic mass is 32.1. The number of benzene rings is 1. The smallest absolute Gasteiger partial charge is 0.103 e. The van der Waals surface area contributed by atoms with Gasteiger partial charge in [0.1, 0.15) is 4.99 Å². The van der Waals surface area contributed by atoms with E-state index in [9.17, 15) is 0 Å². The topological polar surface area (TPSA) is 29.3 Å². The van der Waals surface area contributed by atoms with Crippen LogP contribution in [0.3, 0.4) is 0 Å². The summed E-state index contributed by atoms with van der Waals surface area (Å²) in [5.74, 6) is 0.735. The largest absolute Gasteiger partial charge is 0.389 e. The molecule has 0 spiro atoms. The molecule has 0 radical (unpaired) electrons. The van der Waals surface area contributed by atoms with Gasteiger partial charge in [-0.05, 0) is 24.6 Å². The molecule has 1 aromatic rings. The van der Waals surface area contributed by atoms with Gasteiger partial charge in [-0.2, -0.15) is 0 Å². The van der Waals surface area contributed by atoms with Crippen LogP contribution in [0.2, 0.25) is 0 Å². The predicted molar refractivity (Wildman–Crippen MR) is 78.1 cm³/mol. The molecule has 94 valence electrons. The second-order valence-electron chi connectivity index (χ2n) is 4.77. The van der Waals surface area contributed by atoms with E-state index in [-0.39, 0.29) is 0 Å². The molecule has 1 rings (SSSR count). The zero-order valence-electron chi connectivity index (χ0n) is 10.9. The van der Waals surface area contributed by atoms with Crippen molar-refractivity contribution in [1.82, 2.24) is 4.90 Å². The molecular weight excluding hydrogens is 228 g/mol. The zero-order valence-corrected chi connectivity index (χ0v) is 11.8. The van der Waals surface area contributed by atoms with Crippen LogP contribution in [0.4, 0.5) is 0 Å². The predicted octanol–water partition coefficient (Wildman–Crippen LogP) is 2.80. The molecule has 1 aromatic carbocycles. The molecule has 0 saturated heterocycles. The van der Waals surface area contributed by atoms with Gasteiger partial charge in [-0.25, -0.2) is 0 Å². The third-order valence-electron chi connectivity index (χ3n) is 2.98. The first-order valence-corrected chi connectivity index (χ1v) is 6.51. The normalized spacial score (nSPS) is 12.7. The maximum absolute atomic E-state index is 5.63. The van der Waals surface area contributed by atoms with Crippen LogP contribution in [0.1, 0.15) is 31.4 Å². The number of thiocarbonyl (C=S) groups is 1.